The number of fused-ring (bicyclic) bond motifs is 1. The second-order valence-electron chi connectivity index (χ2n) is 4.82. The Morgan fingerprint density at radius 3 is 2.33 bits per heavy atom. The van der Waals surface area contributed by atoms with Crippen LogP contribution in [0.4, 0.5) is 5.13 Å². The molecule has 1 heterocycles. The van der Waals surface area contributed by atoms with Crippen molar-refractivity contribution in [1.82, 2.24) is 4.98 Å². The van der Waals surface area contributed by atoms with Crippen molar-refractivity contribution in [1.29, 1.82) is 0 Å². The summed E-state index contributed by atoms with van der Waals surface area (Å²) in [6.45, 7) is 0. The molecule has 1 N–H and O–H groups in total. The molecule has 0 aliphatic rings. The highest BCUT2D eigenvalue weighted by Crippen LogP contribution is 2.39. The van der Waals surface area contributed by atoms with Crippen LogP contribution in [0.15, 0.2) is 36.4 Å². The van der Waals surface area contributed by atoms with Crippen molar-refractivity contribution in [2.24, 2.45) is 0 Å². The van der Waals surface area contributed by atoms with Crippen LogP contribution in [0.1, 0.15) is 10.4 Å². The topological polar surface area (TPSA) is 69.7 Å². The van der Waals surface area contributed by atoms with E-state index >= 15 is 0 Å². The van der Waals surface area contributed by atoms with Gasteiger partial charge < -0.3 is 14.2 Å². The minimum Gasteiger partial charge on any atom is -0.496 e. The first kappa shape index (κ1) is 16.1. The standard InChI is InChI=1S/C17H16N2O4S/c1-21-11-7-5-4-6-10(11)16(20)19-17-18-14-12(22-2)8-9-13(23-3)15(14)24-17/h4-9H,1-3H3,(H,18,19,20). The number of aromatic nitrogens is 1. The van der Waals surface area contributed by atoms with E-state index in [0.29, 0.717) is 33.5 Å². The van der Waals surface area contributed by atoms with E-state index in [1.54, 1.807) is 38.5 Å². The number of methoxy groups -OCH3 is 3. The number of hydrogen-bond donors (Lipinski definition) is 1. The van der Waals surface area contributed by atoms with Crippen LogP contribution in [0.25, 0.3) is 10.2 Å². The van der Waals surface area contributed by atoms with Gasteiger partial charge in [-0.3, -0.25) is 10.1 Å². The number of carbonyl (C=O) groups is 1. The third-order valence-electron chi connectivity index (χ3n) is 3.48. The van der Waals surface area contributed by atoms with Gasteiger partial charge in [-0.25, -0.2) is 4.98 Å². The van der Waals surface area contributed by atoms with E-state index in [1.807, 2.05) is 12.1 Å². The number of rotatable bonds is 5. The van der Waals surface area contributed by atoms with Crippen LogP contribution < -0.4 is 19.5 Å². The van der Waals surface area contributed by atoms with Gasteiger partial charge in [0, 0.05) is 0 Å². The second-order valence-corrected chi connectivity index (χ2v) is 5.82. The molecule has 0 aliphatic heterocycles. The smallest absolute Gasteiger partial charge is 0.261 e. The lowest BCUT2D eigenvalue weighted by atomic mass is 10.2. The molecule has 1 aromatic heterocycles. The number of carbonyl (C=O) groups excluding carboxylic acids is 1. The molecule has 0 atom stereocenters. The first-order valence-corrected chi connectivity index (χ1v) is 7.95. The van der Waals surface area contributed by atoms with E-state index in [9.17, 15) is 4.79 Å². The van der Waals surface area contributed by atoms with E-state index in [4.69, 9.17) is 14.2 Å². The Kier molecular flexibility index (Phi) is 4.52. The fourth-order valence-corrected chi connectivity index (χ4v) is 3.30. The summed E-state index contributed by atoms with van der Waals surface area (Å²) in [4.78, 5) is 16.9. The largest absolute Gasteiger partial charge is 0.496 e. The number of nitrogens with one attached hydrogen (secondary N) is 1. The van der Waals surface area contributed by atoms with Crippen LogP contribution in [-0.2, 0) is 0 Å². The lowest BCUT2D eigenvalue weighted by molar-refractivity contribution is 0.102. The van der Waals surface area contributed by atoms with Crippen molar-refractivity contribution in [2.45, 2.75) is 0 Å². The van der Waals surface area contributed by atoms with E-state index in [1.165, 1.54) is 18.4 Å². The van der Waals surface area contributed by atoms with E-state index in [0.717, 1.165) is 4.70 Å². The summed E-state index contributed by atoms with van der Waals surface area (Å²) in [5, 5.41) is 3.26. The summed E-state index contributed by atoms with van der Waals surface area (Å²) in [6, 6.07) is 10.6. The molecular weight excluding hydrogens is 328 g/mol. The highest BCUT2D eigenvalue weighted by atomic mass is 32.1. The number of anilines is 1. The summed E-state index contributed by atoms with van der Waals surface area (Å²) in [5.41, 5.74) is 1.09. The van der Waals surface area contributed by atoms with Crippen LogP contribution in [0.5, 0.6) is 17.2 Å². The lowest BCUT2D eigenvalue weighted by Gasteiger charge is -2.06. The second kappa shape index (κ2) is 6.76. The maximum Gasteiger partial charge on any atom is 0.261 e. The molecule has 6 nitrogen and oxygen atoms in total. The molecule has 124 valence electrons. The van der Waals surface area contributed by atoms with Gasteiger partial charge in [0.2, 0.25) is 0 Å². The van der Waals surface area contributed by atoms with Crippen LogP contribution in [-0.4, -0.2) is 32.2 Å². The molecule has 0 spiro atoms. The Balaban J connectivity index is 1.97. The Bertz CT molecular complexity index is 850. The molecule has 0 fully saturated rings. The lowest BCUT2D eigenvalue weighted by Crippen LogP contribution is -2.12. The fourth-order valence-electron chi connectivity index (χ4n) is 2.34. The molecule has 2 aromatic carbocycles. The maximum atomic E-state index is 12.5. The van der Waals surface area contributed by atoms with Gasteiger partial charge in [-0.15, -0.1) is 0 Å². The van der Waals surface area contributed by atoms with Gasteiger partial charge in [0.15, 0.2) is 5.13 Å². The number of amides is 1. The highest BCUT2D eigenvalue weighted by molar-refractivity contribution is 7.22. The van der Waals surface area contributed by atoms with Crippen LogP contribution >= 0.6 is 11.3 Å². The van der Waals surface area contributed by atoms with Gasteiger partial charge in [-0.1, -0.05) is 23.5 Å². The first-order valence-electron chi connectivity index (χ1n) is 7.13. The molecule has 24 heavy (non-hydrogen) atoms. The molecule has 7 heteroatoms. The van der Waals surface area contributed by atoms with E-state index < -0.39 is 0 Å². The number of hydrogen-bond acceptors (Lipinski definition) is 6. The third kappa shape index (κ3) is 2.85. The Morgan fingerprint density at radius 2 is 1.62 bits per heavy atom. The third-order valence-corrected chi connectivity index (χ3v) is 4.47. The van der Waals surface area contributed by atoms with Crippen molar-refractivity contribution >= 4 is 32.6 Å². The number of nitrogens with zero attached hydrogens (tertiary/aromatic N) is 1. The summed E-state index contributed by atoms with van der Waals surface area (Å²) in [5.74, 6) is 1.52. The summed E-state index contributed by atoms with van der Waals surface area (Å²) in [7, 11) is 4.70. The summed E-state index contributed by atoms with van der Waals surface area (Å²) in [6.07, 6.45) is 0. The van der Waals surface area contributed by atoms with Gasteiger partial charge >= 0.3 is 0 Å². The molecule has 0 bridgehead atoms. The molecule has 1 amide bonds. The van der Waals surface area contributed by atoms with Gasteiger partial charge in [-0.05, 0) is 24.3 Å². The molecule has 3 aromatic rings. The molecule has 0 saturated heterocycles. The zero-order valence-corrected chi connectivity index (χ0v) is 14.3. The average molecular weight is 344 g/mol. The van der Waals surface area contributed by atoms with Crippen molar-refractivity contribution in [2.75, 3.05) is 26.6 Å². The number of para-hydroxylation sites is 1. The molecule has 0 aliphatic carbocycles. The zero-order valence-electron chi connectivity index (χ0n) is 13.5. The Labute approximate surface area is 143 Å². The highest BCUT2D eigenvalue weighted by Gasteiger charge is 2.17. The SMILES string of the molecule is COc1ccccc1C(=O)Nc1nc2c(OC)ccc(OC)c2s1. The van der Waals surface area contributed by atoms with Crippen LogP contribution in [0.3, 0.4) is 0 Å². The van der Waals surface area contributed by atoms with Crippen LogP contribution in [0, 0.1) is 0 Å². The molecule has 0 saturated carbocycles. The van der Waals surface area contributed by atoms with Crippen molar-refractivity contribution in [3.05, 3.63) is 42.0 Å². The Hall–Kier alpha value is -2.80. The van der Waals surface area contributed by atoms with Gasteiger partial charge in [-0.2, -0.15) is 0 Å². The van der Waals surface area contributed by atoms with Gasteiger partial charge in [0.25, 0.3) is 5.91 Å². The minimum absolute atomic E-state index is 0.288. The fraction of sp³-hybridized carbons (Fsp3) is 0.176. The average Bonchev–Trinajstić information content (AvgIpc) is 3.04. The van der Waals surface area contributed by atoms with Crippen molar-refractivity contribution in [3.8, 4) is 17.2 Å². The number of thiazole rings is 1. The zero-order chi connectivity index (χ0) is 17.1. The Morgan fingerprint density at radius 1 is 0.958 bits per heavy atom. The number of benzene rings is 2. The monoisotopic (exact) mass is 344 g/mol. The maximum absolute atomic E-state index is 12.5. The normalized spacial score (nSPS) is 10.5. The quantitative estimate of drug-likeness (QED) is 0.766. The molecular formula is C17H16N2O4S. The van der Waals surface area contributed by atoms with Crippen molar-refractivity contribution in [3.63, 3.8) is 0 Å². The van der Waals surface area contributed by atoms with Crippen LogP contribution in [0.2, 0.25) is 0 Å². The predicted octanol–water partition coefficient (Wildman–Crippen LogP) is 3.57. The summed E-state index contributed by atoms with van der Waals surface area (Å²) >= 11 is 1.33. The molecule has 0 radical (unpaired) electrons. The predicted molar refractivity (Wildman–Crippen MR) is 93.7 cm³/mol. The van der Waals surface area contributed by atoms with Gasteiger partial charge in [0.1, 0.15) is 27.5 Å². The molecule has 0 unspecified atom stereocenters. The minimum atomic E-state index is -0.288. The number of ether oxygens (including phenoxy) is 3. The summed E-state index contributed by atoms with van der Waals surface area (Å²) < 4.78 is 16.7. The van der Waals surface area contributed by atoms with E-state index in [-0.39, 0.29) is 5.91 Å². The molecule has 3 rings (SSSR count). The van der Waals surface area contributed by atoms with Gasteiger partial charge in [0.05, 0.1) is 26.9 Å². The first-order chi connectivity index (χ1) is 11.7. The van der Waals surface area contributed by atoms with E-state index in [2.05, 4.69) is 10.3 Å². The van der Waals surface area contributed by atoms with Crippen molar-refractivity contribution < 1.29 is 19.0 Å².